The molecule has 0 spiro atoms. The summed E-state index contributed by atoms with van der Waals surface area (Å²) in [6, 6.07) is 19.1. The zero-order chi connectivity index (χ0) is 15.5. The molecule has 1 aromatic heterocycles. The third-order valence-corrected chi connectivity index (χ3v) is 4.92. The molecule has 3 rings (SSSR count). The van der Waals surface area contributed by atoms with Crippen LogP contribution in [0.2, 0.25) is 0 Å². The van der Waals surface area contributed by atoms with E-state index in [0.29, 0.717) is 0 Å². The molecule has 0 aliphatic carbocycles. The topological polar surface area (TPSA) is 7.12 Å². The molecule has 0 saturated carbocycles. The molecule has 0 N–H and O–H groups in total. The van der Waals surface area contributed by atoms with E-state index in [4.69, 9.17) is 0 Å². The molecule has 0 bridgehead atoms. The highest BCUT2D eigenvalue weighted by Crippen LogP contribution is 2.28. The SMILES string of the molecule is CC[n+]1c(C(=Cc2ccccc2)N(C)C)sc2ccccc21. The highest BCUT2D eigenvalue weighted by atomic mass is 32.1. The van der Waals surface area contributed by atoms with Crippen LogP contribution in [0.25, 0.3) is 22.0 Å². The van der Waals surface area contributed by atoms with E-state index in [2.05, 4.69) is 91.2 Å². The van der Waals surface area contributed by atoms with Gasteiger partial charge in [0.25, 0.3) is 5.01 Å². The summed E-state index contributed by atoms with van der Waals surface area (Å²) in [5, 5.41) is 1.30. The molecule has 2 aromatic carbocycles. The molecule has 112 valence electrons. The first-order chi connectivity index (χ1) is 10.7. The van der Waals surface area contributed by atoms with Gasteiger partial charge < -0.3 is 4.90 Å². The lowest BCUT2D eigenvalue weighted by atomic mass is 10.2. The van der Waals surface area contributed by atoms with Gasteiger partial charge in [0.05, 0.1) is 0 Å². The summed E-state index contributed by atoms with van der Waals surface area (Å²) in [6.07, 6.45) is 2.26. The van der Waals surface area contributed by atoms with Crippen LogP contribution in [0.1, 0.15) is 17.5 Å². The molecule has 3 heteroatoms. The first kappa shape index (κ1) is 14.8. The average Bonchev–Trinajstić information content (AvgIpc) is 2.91. The molecule has 0 amide bonds. The van der Waals surface area contributed by atoms with Crippen molar-refractivity contribution in [3.05, 3.63) is 65.2 Å². The Morgan fingerprint density at radius 2 is 1.73 bits per heavy atom. The molecule has 3 aromatic rings. The van der Waals surface area contributed by atoms with Crippen LogP contribution in [0.4, 0.5) is 0 Å². The van der Waals surface area contributed by atoms with Crippen LogP contribution in [-0.4, -0.2) is 19.0 Å². The monoisotopic (exact) mass is 309 g/mol. The van der Waals surface area contributed by atoms with E-state index in [9.17, 15) is 0 Å². The van der Waals surface area contributed by atoms with E-state index in [-0.39, 0.29) is 0 Å². The lowest BCUT2D eigenvalue weighted by Gasteiger charge is -2.13. The fourth-order valence-corrected chi connectivity index (χ4v) is 3.95. The second kappa shape index (κ2) is 6.32. The Kier molecular flexibility index (Phi) is 4.25. The Balaban J connectivity index is 2.19. The van der Waals surface area contributed by atoms with Gasteiger partial charge in [0, 0.05) is 20.2 Å². The minimum absolute atomic E-state index is 0.972. The number of rotatable bonds is 4. The Bertz CT molecular complexity index is 801. The van der Waals surface area contributed by atoms with Crippen LogP contribution in [0.15, 0.2) is 54.6 Å². The third kappa shape index (κ3) is 2.77. The number of para-hydroxylation sites is 1. The maximum Gasteiger partial charge on any atom is 0.286 e. The highest BCUT2D eigenvalue weighted by Gasteiger charge is 2.23. The minimum Gasteiger partial charge on any atom is -0.372 e. The number of nitrogens with zero attached hydrogens (tertiary/aromatic N) is 2. The summed E-state index contributed by atoms with van der Waals surface area (Å²) in [7, 11) is 4.22. The lowest BCUT2D eigenvalue weighted by molar-refractivity contribution is -0.666. The van der Waals surface area contributed by atoms with E-state index >= 15 is 0 Å². The van der Waals surface area contributed by atoms with Gasteiger partial charge in [-0.2, -0.15) is 4.57 Å². The van der Waals surface area contributed by atoms with Gasteiger partial charge in [0.2, 0.25) is 5.52 Å². The standard InChI is InChI=1S/C19H21N2S/c1-4-21-16-12-8-9-13-18(16)22-19(21)17(20(2)3)14-15-10-6-5-7-11-15/h5-14H,4H2,1-3H3/q+1. The maximum absolute atomic E-state index is 2.40. The third-order valence-electron chi connectivity index (χ3n) is 3.73. The molecule has 2 nitrogen and oxygen atoms in total. The van der Waals surface area contributed by atoms with E-state index < -0.39 is 0 Å². The summed E-state index contributed by atoms with van der Waals surface area (Å²) >= 11 is 1.86. The van der Waals surface area contributed by atoms with Crippen LogP contribution >= 0.6 is 11.3 Å². The van der Waals surface area contributed by atoms with Gasteiger partial charge in [-0.1, -0.05) is 53.8 Å². The fourth-order valence-electron chi connectivity index (χ4n) is 2.63. The summed E-state index contributed by atoms with van der Waals surface area (Å²) in [5.74, 6) is 0. The molecule has 0 saturated heterocycles. The molecule has 1 heterocycles. The molecule has 22 heavy (non-hydrogen) atoms. The zero-order valence-electron chi connectivity index (χ0n) is 13.3. The molecule has 0 unspecified atom stereocenters. The van der Waals surface area contributed by atoms with E-state index in [1.807, 2.05) is 11.3 Å². The van der Waals surface area contributed by atoms with Crippen LogP contribution in [0.3, 0.4) is 0 Å². The fraction of sp³-hybridized carbons (Fsp3) is 0.211. The highest BCUT2D eigenvalue weighted by molar-refractivity contribution is 7.19. The molecular weight excluding hydrogens is 288 g/mol. The first-order valence-electron chi connectivity index (χ1n) is 7.56. The van der Waals surface area contributed by atoms with Crippen LogP contribution in [-0.2, 0) is 6.54 Å². The Hall–Kier alpha value is -2.13. The Labute approximate surface area is 136 Å². The second-order valence-corrected chi connectivity index (χ2v) is 6.48. The second-order valence-electron chi connectivity index (χ2n) is 5.45. The summed E-state index contributed by atoms with van der Waals surface area (Å²) in [6.45, 7) is 3.18. The molecular formula is C19H21N2S+. The van der Waals surface area contributed by atoms with Gasteiger partial charge >= 0.3 is 0 Å². The van der Waals surface area contributed by atoms with Gasteiger partial charge in [-0.3, -0.25) is 0 Å². The molecule has 0 radical (unpaired) electrons. The number of thiazole rings is 1. The van der Waals surface area contributed by atoms with Gasteiger partial charge in [-0.25, -0.2) is 0 Å². The van der Waals surface area contributed by atoms with Crippen molar-refractivity contribution in [2.24, 2.45) is 0 Å². The zero-order valence-corrected chi connectivity index (χ0v) is 14.1. The van der Waals surface area contributed by atoms with Gasteiger partial charge in [-0.05, 0) is 24.6 Å². The van der Waals surface area contributed by atoms with Crippen molar-refractivity contribution in [3.8, 4) is 0 Å². The van der Waals surface area contributed by atoms with Crippen molar-refractivity contribution in [2.75, 3.05) is 14.1 Å². The number of hydrogen-bond donors (Lipinski definition) is 0. The minimum atomic E-state index is 0.972. The van der Waals surface area contributed by atoms with Crippen LogP contribution in [0, 0.1) is 0 Å². The molecule has 0 aliphatic rings. The van der Waals surface area contributed by atoms with Crippen molar-refractivity contribution >= 4 is 33.3 Å². The van der Waals surface area contributed by atoms with Crippen molar-refractivity contribution < 1.29 is 4.57 Å². The van der Waals surface area contributed by atoms with E-state index in [1.54, 1.807) is 0 Å². The van der Waals surface area contributed by atoms with Gasteiger partial charge in [0.15, 0.2) is 0 Å². The number of aryl methyl sites for hydroxylation is 1. The number of fused-ring (bicyclic) bond motifs is 1. The molecule has 0 fully saturated rings. The first-order valence-corrected chi connectivity index (χ1v) is 8.38. The van der Waals surface area contributed by atoms with E-state index in [1.165, 1.54) is 26.5 Å². The quantitative estimate of drug-likeness (QED) is 0.653. The predicted octanol–water partition coefficient (Wildman–Crippen LogP) is 4.27. The molecule has 0 aliphatic heterocycles. The number of aromatic nitrogens is 1. The van der Waals surface area contributed by atoms with E-state index in [0.717, 1.165) is 6.54 Å². The number of benzene rings is 2. The van der Waals surface area contributed by atoms with Crippen molar-refractivity contribution in [2.45, 2.75) is 13.5 Å². The predicted molar refractivity (Wildman–Crippen MR) is 95.7 cm³/mol. The Morgan fingerprint density at radius 3 is 2.41 bits per heavy atom. The van der Waals surface area contributed by atoms with Gasteiger partial charge in [0.1, 0.15) is 16.9 Å². The van der Waals surface area contributed by atoms with Crippen molar-refractivity contribution in [1.82, 2.24) is 4.90 Å². The molecule has 0 atom stereocenters. The van der Waals surface area contributed by atoms with Gasteiger partial charge in [-0.15, -0.1) is 0 Å². The van der Waals surface area contributed by atoms with Crippen LogP contribution < -0.4 is 4.57 Å². The Morgan fingerprint density at radius 1 is 1.05 bits per heavy atom. The normalized spacial score (nSPS) is 11.9. The number of hydrogen-bond acceptors (Lipinski definition) is 2. The maximum atomic E-state index is 2.40. The lowest BCUT2D eigenvalue weighted by Crippen LogP contribution is -2.36. The van der Waals surface area contributed by atoms with Crippen LogP contribution in [0.5, 0.6) is 0 Å². The summed E-state index contributed by atoms with van der Waals surface area (Å²) in [4.78, 5) is 2.20. The smallest absolute Gasteiger partial charge is 0.286 e. The van der Waals surface area contributed by atoms with Crippen molar-refractivity contribution in [1.29, 1.82) is 0 Å². The largest absolute Gasteiger partial charge is 0.372 e. The van der Waals surface area contributed by atoms with Crippen molar-refractivity contribution in [3.63, 3.8) is 0 Å². The summed E-state index contributed by atoms with van der Waals surface area (Å²) in [5.41, 5.74) is 3.78. The summed E-state index contributed by atoms with van der Waals surface area (Å²) < 4.78 is 3.73. The average molecular weight is 309 g/mol.